The van der Waals surface area contributed by atoms with Crippen LogP contribution in [0.3, 0.4) is 0 Å². The van der Waals surface area contributed by atoms with Gasteiger partial charge in [-0.1, -0.05) is 42.5 Å². The highest BCUT2D eigenvalue weighted by molar-refractivity contribution is 5.96. The predicted octanol–water partition coefficient (Wildman–Crippen LogP) is -2.89. The van der Waals surface area contributed by atoms with Crippen LogP contribution < -0.4 is 43.1 Å². The van der Waals surface area contributed by atoms with E-state index >= 15 is 0 Å². The van der Waals surface area contributed by atoms with Crippen LogP contribution in [-0.4, -0.2) is 118 Å². The quantitative estimate of drug-likeness (QED) is 0.0289. The molecular formula is C35H49N9O12. The van der Waals surface area contributed by atoms with Gasteiger partial charge in [0.1, 0.15) is 36.0 Å². The van der Waals surface area contributed by atoms with E-state index in [1.807, 2.05) is 5.43 Å². The Hall–Kier alpha value is -6.35. The minimum absolute atomic E-state index is 0.000681. The first kappa shape index (κ1) is 45.8. The number of hydrazine groups is 1. The van der Waals surface area contributed by atoms with E-state index < -0.39 is 95.8 Å². The van der Waals surface area contributed by atoms with Crippen molar-refractivity contribution in [3.05, 3.63) is 75.8 Å². The van der Waals surface area contributed by atoms with Crippen LogP contribution in [0.25, 0.3) is 0 Å². The second-order valence-corrected chi connectivity index (χ2v) is 12.7. The van der Waals surface area contributed by atoms with E-state index in [2.05, 4.69) is 31.9 Å². The van der Waals surface area contributed by atoms with Crippen molar-refractivity contribution < 1.29 is 53.9 Å². The van der Waals surface area contributed by atoms with Crippen molar-refractivity contribution in [1.29, 1.82) is 0 Å². The average molecular weight is 788 g/mol. The van der Waals surface area contributed by atoms with Crippen molar-refractivity contribution in [2.24, 2.45) is 5.73 Å². The molecule has 2 rings (SSSR count). The molecule has 0 aliphatic rings. The van der Waals surface area contributed by atoms with Crippen LogP contribution >= 0.6 is 0 Å². The van der Waals surface area contributed by atoms with Gasteiger partial charge in [-0.2, -0.15) is 0 Å². The molecule has 306 valence electrons. The Bertz CT molecular complexity index is 1660. The number of nitrogens with zero attached hydrogens (tertiary/aromatic N) is 1. The SMILES string of the molecule is C[C@H](NC(=O)[C@H](CO)NC(=O)[C@H](C)NC(=O)[C@H](Cc1ccc(O)cc1)N[N+](=O)[O-])C(=O)NCC(=O)N[C@@H](Cc1ccccc1)C(=O)N[C@@H](CCCCN)C(=O)O. The third-order valence-electron chi connectivity index (χ3n) is 8.19. The normalized spacial score (nSPS) is 13.9. The third-order valence-corrected chi connectivity index (χ3v) is 8.19. The summed E-state index contributed by atoms with van der Waals surface area (Å²) in [5.41, 5.74) is 8.46. The molecule has 0 saturated heterocycles. The summed E-state index contributed by atoms with van der Waals surface area (Å²) in [7, 11) is 0. The molecule has 0 aromatic heterocycles. The topological polar surface area (TPSA) is 334 Å². The highest BCUT2D eigenvalue weighted by Crippen LogP contribution is 2.12. The Morgan fingerprint density at radius 1 is 0.696 bits per heavy atom. The number of nitrogens with two attached hydrogens (primary N) is 1. The standard InChI is InChI=1S/C35H49N9O12/c1-20(30(48)37-18-29(47)40-26(16-22-8-4-3-5-9-22)32(50)41-25(35(53)54)10-6-7-15-36)38-34(52)28(19-45)42-31(49)21(2)39-33(51)27(43-44(55)56)17-23-11-13-24(46)14-12-23/h3-5,8-9,11-14,20-21,25-28,43,45-46H,6-7,10,15-19,36H2,1-2H3,(H,37,48)(H,38,52)(H,39,51)(H,40,47)(H,41,50)(H,42,49)(H,53,54)/t20-,21-,25-,26-,27-,28-/m0/s1. The lowest BCUT2D eigenvalue weighted by molar-refractivity contribution is -0.548. The van der Waals surface area contributed by atoms with Gasteiger partial charge in [-0.15, -0.1) is 5.43 Å². The van der Waals surface area contributed by atoms with Crippen molar-refractivity contribution in [3.63, 3.8) is 0 Å². The summed E-state index contributed by atoms with van der Waals surface area (Å²) < 4.78 is 0. The fourth-order valence-corrected chi connectivity index (χ4v) is 5.09. The minimum atomic E-state index is -1.60. The van der Waals surface area contributed by atoms with Crippen LogP contribution in [0.5, 0.6) is 5.75 Å². The first-order chi connectivity index (χ1) is 26.5. The molecule has 0 radical (unpaired) electrons. The number of carbonyl (C=O) groups is 7. The number of aliphatic carboxylic acids is 1. The fourth-order valence-electron chi connectivity index (χ4n) is 5.09. The molecule has 0 heterocycles. The molecule has 6 atom stereocenters. The molecule has 6 amide bonds. The average Bonchev–Trinajstić information content (AvgIpc) is 3.15. The van der Waals surface area contributed by atoms with E-state index in [1.54, 1.807) is 30.3 Å². The first-order valence-electron chi connectivity index (χ1n) is 17.6. The van der Waals surface area contributed by atoms with Gasteiger partial charge in [0.15, 0.2) is 11.1 Å². The number of aromatic hydroxyl groups is 1. The first-order valence-corrected chi connectivity index (χ1v) is 17.6. The number of nitro groups is 1. The lowest BCUT2D eigenvalue weighted by Crippen LogP contribution is -2.58. The molecule has 21 nitrogen and oxygen atoms in total. The lowest BCUT2D eigenvalue weighted by atomic mass is 10.0. The van der Waals surface area contributed by atoms with Crippen molar-refractivity contribution in [2.45, 2.75) is 82.2 Å². The van der Waals surface area contributed by atoms with Crippen LogP contribution in [0.2, 0.25) is 0 Å². The highest BCUT2D eigenvalue weighted by atomic mass is 16.7. The summed E-state index contributed by atoms with van der Waals surface area (Å²) in [6, 6.07) is 6.03. The number of carbonyl (C=O) groups excluding carboxylic acids is 6. The minimum Gasteiger partial charge on any atom is -0.508 e. The Labute approximate surface area is 321 Å². The summed E-state index contributed by atoms with van der Waals surface area (Å²) in [6.45, 7) is 1.25. The number of benzene rings is 2. The Balaban J connectivity index is 1.95. The smallest absolute Gasteiger partial charge is 0.326 e. The number of hydrogen-bond acceptors (Lipinski definition) is 12. The van der Waals surface area contributed by atoms with Gasteiger partial charge in [0.25, 0.3) is 0 Å². The number of phenols is 1. The number of phenolic OH excluding ortho intramolecular Hbond substituents is 1. The maximum Gasteiger partial charge on any atom is 0.326 e. The van der Waals surface area contributed by atoms with Gasteiger partial charge >= 0.3 is 5.97 Å². The Morgan fingerprint density at radius 3 is 1.80 bits per heavy atom. The molecule has 0 saturated carbocycles. The monoisotopic (exact) mass is 787 g/mol. The largest absolute Gasteiger partial charge is 0.508 e. The predicted molar refractivity (Wildman–Crippen MR) is 198 cm³/mol. The van der Waals surface area contributed by atoms with Crippen molar-refractivity contribution in [1.82, 2.24) is 37.3 Å². The van der Waals surface area contributed by atoms with E-state index in [0.717, 1.165) is 0 Å². The molecule has 2 aromatic carbocycles. The number of carboxylic acids is 1. The number of hydrogen-bond donors (Lipinski definition) is 11. The molecule has 2 aromatic rings. The Kier molecular flexibility index (Phi) is 19.2. The second kappa shape index (κ2) is 23.4. The fraction of sp³-hybridized carbons (Fsp3) is 0.457. The van der Waals surface area contributed by atoms with Gasteiger partial charge in [0.2, 0.25) is 35.4 Å². The van der Waals surface area contributed by atoms with E-state index in [9.17, 15) is 59.0 Å². The number of unbranched alkanes of at least 4 members (excludes halogenated alkanes) is 1. The maximum atomic E-state index is 13.2. The Morgan fingerprint density at radius 2 is 1.23 bits per heavy atom. The van der Waals surface area contributed by atoms with Crippen molar-refractivity contribution >= 4 is 41.4 Å². The van der Waals surface area contributed by atoms with Gasteiger partial charge in [-0.25, -0.2) is 14.9 Å². The number of aliphatic hydroxyl groups excluding tert-OH is 1. The number of nitrogens with one attached hydrogen (secondary N) is 7. The van der Waals surface area contributed by atoms with Crippen LogP contribution in [0.15, 0.2) is 54.6 Å². The molecular weight excluding hydrogens is 738 g/mol. The van der Waals surface area contributed by atoms with Crippen LogP contribution in [0, 0.1) is 10.1 Å². The van der Waals surface area contributed by atoms with Gasteiger partial charge in [-0.3, -0.25) is 28.8 Å². The molecule has 56 heavy (non-hydrogen) atoms. The number of rotatable bonds is 24. The van der Waals surface area contributed by atoms with Gasteiger partial charge in [0, 0.05) is 12.8 Å². The summed E-state index contributed by atoms with van der Waals surface area (Å²) in [5, 5.41) is 53.0. The summed E-state index contributed by atoms with van der Waals surface area (Å²) in [6.07, 6.45) is 0.934. The number of amides is 6. The summed E-state index contributed by atoms with van der Waals surface area (Å²) >= 11 is 0. The zero-order valence-electron chi connectivity index (χ0n) is 30.9. The van der Waals surface area contributed by atoms with Crippen LogP contribution in [0.1, 0.15) is 44.2 Å². The highest BCUT2D eigenvalue weighted by Gasteiger charge is 2.30. The summed E-state index contributed by atoms with van der Waals surface area (Å²) in [4.78, 5) is 100. The third kappa shape index (κ3) is 16.3. The molecule has 12 N–H and O–H groups in total. The second-order valence-electron chi connectivity index (χ2n) is 12.7. The molecule has 0 bridgehead atoms. The van der Waals surface area contributed by atoms with Crippen molar-refractivity contribution in [2.75, 3.05) is 19.7 Å². The number of carboxylic acid groups (broad SMARTS) is 1. The van der Waals surface area contributed by atoms with Gasteiger partial charge in [-0.05, 0) is 62.9 Å². The molecule has 21 heteroatoms. The molecule has 0 aliphatic heterocycles. The molecule has 0 aliphatic carbocycles. The van der Waals surface area contributed by atoms with Gasteiger partial charge in [0.05, 0.1) is 13.2 Å². The zero-order valence-corrected chi connectivity index (χ0v) is 30.9. The van der Waals surface area contributed by atoms with E-state index in [0.29, 0.717) is 30.5 Å². The molecule has 0 unspecified atom stereocenters. The van der Waals surface area contributed by atoms with Gasteiger partial charge < -0.3 is 53.0 Å². The van der Waals surface area contributed by atoms with E-state index in [-0.39, 0.29) is 25.0 Å². The number of aliphatic hydroxyl groups is 1. The van der Waals surface area contributed by atoms with E-state index in [4.69, 9.17) is 5.73 Å². The van der Waals surface area contributed by atoms with Crippen molar-refractivity contribution in [3.8, 4) is 5.75 Å². The maximum absolute atomic E-state index is 13.2. The lowest BCUT2D eigenvalue weighted by Gasteiger charge is -2.23. The van der Waals surface area contributed by atoms with E-state index in [1.165, 1.54) is 38.1 Å². The zero-order chi connectivity index (χ0) is 41.8. The van der Waals surface area contributed by atoms with Crippen LogP contribution in [-0.2, 0) is 46.4 Å². The molecule has 0 spiro atoms. The van der Waals surface area contributed by atoms with Crippen LogP contribution in [0.4, 0.5) is 0 Å². The summed E-state index contributed by atoms with van der Waals surface area (Å²) in [5.74, 6) is -6.64. The molecule has 0 fully saturated rings.